The maximum absolute atomic E-state index is 13.0. The molecule has 1 fully saturated rings. The molecule has 3 N–H and O–H groups in total. The van der Waals surface area contributed by atoms with Crippen LogP contribution < -0.4 is 11.1 Å². The van der Waals surface area contributed by atoms with Crippen molar-refractivity contribution in [2.24, 2.45) is 11.1 Å². The van der Waals surface area contributed by atoms with Crippen LogP contribution in [0.5, 0.6) is 0 Å². The summed E-state index contributed by atoms with van der Waals surface area (Å²) in [5.41, 5.74) is 7.44. The molecule has 1 saturated carbocycles. The highest BCUT2D eigenvalue weighted by Gasteiger charge is 2.39. The van der Waals surface area contributed by atoms with Crippen LogP contribution >= 0.6 is 12.4 Å². The van der Waals surface area contributed by atoms with E-state index in [1.165, 1.54) is 12.1 Å². The van der Waals surface area contributed by atoms with Gasteiger partial charge in [0, 0.05) is 13.1 Å². The van der Waals surface area contributed by atoms with Gasteiger partial charge in [-0.25, -0.2) is 4.39 Å². The Morgan fingerprint density at radius 3 is 2.62 bits per heavy atom. The molecule has 1 amide bonds. The summed E-state index contributed by atoms with van der Waals surface area (Å²) in [6, 6.07) is 4.77. The van der Waals surface area contributed by atoms with E-state index in [9.17, 15) is 9.18 Å². The summed E-state index contributed by atoms with van der Waals surface area (Å²) < 4.78 is 13.0. The molecule has 1 aliphatic carbocycles. The van der Waals surface area contributed by atoms with E-state index in [1.807, 2.05) is 6.92 Å². The summed E-state index contributed by atoms with van der Waals surface area (Å²) in [7, 11) is 0. The Bertz CT molecular complexity index is 487. The van der Waals surface area contributed by atoms with E-state index >= 15 is 0 Å². The molecule has 0 radical (unpaired) electrons. The first-order valence-corrected chi connectivity index (χ1v) is 7.31. The van der Waals surface area contributed by atoms with E-state index in [0.717, 1.165) is 43.2 Å². The number of hydrogen-bond acceptors (Lipinski definition) is 2. The van der Waals surface area contributed by atoms with Crippen molar-refractivity contribution in [2.75, 3.05) is 13.1 Å². The van der Waals surface area contributed by atoms with Crippen LogP contribution in [0.15, 0.2) is 18.2 Å². The monoisotopic (exact) mass is 314 g/mol. The first-order valence-electron chi connectivity index (χ1n) is 7.31. The molecule has 2 rings (SSSR count). The van der Waals surface area contributed by atoms with Gasteiger partial charge in [0.1, 0.15) is 5.82 Å². The molecule has 1 aromatic carbocycles. The number of nitrogens with one attached hydrogen (secondary N) is 1. The second-order valence-corrected chi connectivity index (χ2v) is 5.77. The fourth-order valence-corrected chi connectivity index (χ4v) is 3.01. The minimum Gasteiger partial charge on any atom is -0.355 e. The molecule has 0 spiro atoms. The van der Waals surface area contributed by atoms with Gasteiger partial charge in [0.05, 0.1) is 5.41 Å². The van der Waals surface area contributed by atoms with Gasteiger partial charge in [0.15, 0.2) is 0 Å². The van der Waals surface area contributed by atoms with E-state index in [2.05, 4.69) is 5.32 Å². The number of benzene rings is 1. The number of rotatable bonds is 5. The molecule has 0 atom stereocenters. The lowest BCUT2D eigenvalue weighted by molar-refractivity contribution is -0.130. The van der Waals surface area contributed by atoms with Gasteiger partial charge in [0.2, 0.25) is 5.91 Å². The topological polar surface area (TPSA) is 55.1 Å². The molecule has 0 heterocycles. The zero-order chi connectivity index (χ0) is 14.6. The van der Waals surface area contributed by atoms with Gasteiger partial charge in [-0.1, -0.05) is 18.9 Å². The second kappa shape index (κ2) is 7.76. The van der Waals surface area contributed by atoms with Gasteiger partial charge in [0.25, 0.3) is 0 Å². The number of carbonyl (C=O) groups excluding carboxylic acids is 1. The van der Waals surface area contributed by atoms with Gasteiger partial charge < -0.3 is 11.1 Å². The van der Waals surface area contributed by atoms with E-state index in [0.29, 0.717) is 13.1 Å². The van der Waals surface area contributed by atoms with Crippen LogP contribution in [-0.4, -0.2) is 19.0 Å². The van der Waals surface area contributed by atoms with E-state index < -0.39 is 0 Å². The Morgan fingerprint density at radius 2 is 2.05 bits per heavy atom. The molecule has 3 nitrogen and oxygen atoms in total. The van der Waals surface area contributed by atoms with Gasteiger partial charge in [-0.15, -0.1) is 12.4 Å². The van der Waals surface area contributed by atoms with Gasteiger partial charge in [-0.2, -0.15) is 0 Å². The van der Waals surface area contributed by atoms with E-state index in [-0.39, 0.29) is 29.5 Å². The molecule has 21 heavy (non-hydrogen) atoms. The normalized spacial score (nSPS) is 16.3. The third kappa shape index (κ3) is 4.17. The fourth-order valence-electron chi connectivity index (χ4n) is 3.01. The van der Waals surface area contributed by atoms with Crippen molar-refractivity contribution >= 4 is 18.3 Å². The Kier molecular flexibility index (Phi) is 6.62. The SMILES string of the molecule is Cc1cc(F)ccc1CCNC(=O)C1(CN)CCCC1.Cl. The van der Waals surface area contributed by atoms with Crippen LogP contribution in [0.1, 0.15) is 36.8 Å². The summed E-state index contributed by atoms with van der Waals surface area (Å²) in [5.74, 6) is -0.138. The number of hydrogen-bond donors (Lipinski definition) is 2. The van der Waals surface area contributed by atoms with E-state index in [4.69, 9.17) is 5.73 Å². The maximum Gasteiger partial charge on any atom is 0.227 e. The number of halogens is 2. The molecule has 1 aromatic rings. The zero-order valence-corrected chi connectivity index (χ0v) is 13.3. The predicted octanol–water partition coefficient (Wildman–Crippen LogP) is 2.73. The van der Waals surface area contributed by atoms with Crippen molar-refractivity contribution in [3.63, 3.8) is 0 Å². The first-order chi connectivity index (χ1) is 9.57. The Hall–Kier alpha value is -1.13. The highest BCUT2D eigenvalue weighted by atomic mass is 35.5. The molecule has 0 unspecified atom stereocenters. The standard InChI is InChI=1S/C16H23FN2O.ClH/c1-12-10-14(17)5-4-13(12)6-9-19-15(20)16(11-18)7-2-3-8-16;/h4-5,10H,2-3,6-9,11,18H2,1H3,(H,19,20);1H. The van der Waals surface area contributed by atoms with Gasteiger partial charge in [-0.3, -0.25) is 4.79 Å². The van der Waals surface area contributed by atoms with Crippen molar-refractivity contribution in [3.05, 3.63) is 35.1 Å². The summed E-state index contributed by atoms with van der Waals surface area (Å²) >= 11 is 0. The number of amides is 1. The first kappa shape index (κ1) is 17.9. The average Bonchev–Trinajstić information content (AvgIpc) is 2.91. The summed E-state index contributed by atoms with van der Waals surface area (Å²) in [6.45, 7) is 2.89. The van der Waals surface area contributed by atoms with Gasteiger partial charge >= 0.3 is 0 Å². The van der Waals surface area contributed by atoms with Crippen molar-refractivity contribution in [3.8, 4) is 0 Å². The Labute approximate surface area is 131 Å². The lowest BCUT2D eigenvalue weighted by Crippen LogP contribution is -2.44. The summed E-state index contributed by atoms with van der Waals surface area (Å²) in [6.07, 6.45) is 4.68. The molecule has 1 aliphatic rings. The van der Waals surface area contributed by atoms with Crippen molar-refractivity contribution < 1.29 is 9.18 Å². The summed E-state index contributed by atoms with van der Waals surface area (Å²) in [4.78, 5) is 12.3. The van der Waals surface area contributed by atoms with Crippen LogP contribution in [0.3, 0.4) is 0 Å². The maximum atomic E-state index is 13.0. The second-order valence-electron chi connectivity index (χ2n) is 5.77. The van der Waals surface area contributed by atoms with E-state index in [1.54, 1.807) is 6.07 Å². The van der Waals surface area contributed by atoms with Crippen LogP contribution in [0.25, 0.3) is 0 Å². The van der Waals surface area contributed by atoms with Crippen molar-refractivity contribution in [1.82, 2.24) is 5.32 Å². The Balaban J connectivity index is 0.00000220. The molecular formula is C16H24ClFN2O. The average molecular weight is 315 g/mol. The molecule has 0 saturated heterocycles. The molecule has 0 bridgehead atoms. The van der Waals surface area contributed by atoms with Crippen LogP contribution in [0.2, 0.25) is 0 Å². The van der Waals surface area contributed by atoms with Gasteiger partial charge in [-0.05, 0) is 49.4 Å². The molecule has 0 aliphatic heterocycles. The third-order valence-corrected chi connectivity index (χ3v) is 4.42. The minimum atomic E-state index is -0.349. The lowest BCUT2D eigenvalue weighted by atomic mass is 9.85. The number of nitrogens with two attached hydrogens (primary N) is 1. The smallest absolute Gasteiger partial charge is 0.227 e. The molecule has 0 aromatic heterocycles. The largest absolute Gasteiger partial charge is 0.355 e. The van der Waals surface area contributed by atoms with Crippen LogP contribution in [-0.2, 0) is 11.2 Å². The fraction of sp³-hybridized carbons (Fsp3) is 0.562. The highest BCUT2D eigenvalue weighted by Crippen LogP contribution is 2.37. The third-order valence-electron chi connectivity index (χ3n) is 4.42. The number of aryl methyl sites for hydroxylation is 1. The van der Waals surface area contributed by atoms with Crippen molar-refractivity contribution in [1.29, 1.82) is 0 Å². The predicted molar refractivity (Wildman–Crippen MR) is 85.1 cm³/mol. The van der Waals surface area contributed by atoms with Crippen molar-refractivity contribution in [2.45, 2.75) is 39.0 Å². The lowest BCUT2D eigenvalue weighted by Gasteiger charge is -2.25. The minimum absolute atomic E-state index is 0. The zero-order valence-electron chi connectivity index (χ0n) is 12.5. The Morgan fingerprint density at radius 1 is 1.38 bits per heavy atom. The van der Waals surface area contributed by atoms with Crippen LogP contribution in [0.4, 0.5) is 4.39 Å². The molecule has 5 heteroatoms. The quantitative estimate of drug-likeness (QED) is 0.878. The molecular weight excluding hydrogens is 291 g/mol. The molecule has 118 valence electrons. The summed E-state index contributed by atoms with van der Waals surface area (Å²) in [5, 5.41) is 2.99. The van der Waals surface area contributed by atoms with Crippen LogP contribution in [0, 0.1) is 18.2 Å². The number of carbonyl (C=O) groups is 1. The highest BCUT2D eigenvalue weighted by molar-refractivity contribution is 5.85.